The van der Waals surface area contributed by atoms with Gasteiger partial charge in [0, 0.05) is 18.7 Å². The van der Waals surface area contributed by atoms with Gasteiger partial charge < -0.3 is 25.0 Å². The molecule has 4 N–H and O–H groups in total. The number of carboxylic acids is 1. The van der Waals surface area contributed by atoms with Gasteiger partial charge in [-0.1, -0.05) is 42.5 Å². The van der Waals surface area contributed by atoms with Gasteiger partial charge in [-0.05, 0) is 67.0 Å². The second kappa shape index (κ2) is 13.6. The second-order valence-corrected chi connectivity index (χ2v) is 11.9. The van der Waals surface area contributed by atoms with Gasteiger partial charge in [0.25, 0.3) is 0 Å². The summed E-state index contributed by atoms with van der Waals surface area (Å²) in [6, 6.07) is 21.8. The van der Waals surface area contributed by atoms with Gasteiger partial charge in [-0.25, -0.2) is 13.2 Å². The fourth-order valence-corrected chi connectivity index (χ4v) is 5.38. The van der Waals surface area contributed by atoms with E-state index in [1.165, 1.54) is 0 Å². The lowest BCUT2D eigenvalue weighted by atomic mass is 9.81. The maximum atomic E-state index is 11.9. The molecule has 0 aliphatic heterocycles. The first-order chi connectivity index (χ1) is 19.2. The number of aromatic carboxylic acids is 1. The van der Waals surface area contributed by atoms with Crippen molar-refractivity contribution in [1.82, 2.24) is 5.32 Å². The topological polar surface area (TPSA) is 134 Å². The van der Waals surface area contributed by atoms with E-state index in [0.717, 1.165) is 43.1 Å². The van der Waals surface area contributed by atoms with Crippen LogP contribution in [0.2, 0.25) is 0 Å². The Kier molecular flexibility index (Phi) is 10.0. The van der Waals surface area contributed by atoms with Crippen LogP contribution in [-0.2, 0) is 16.6 Å². The van der Waals surface area contributed by atoms with E-state index in [2.05, 4.69) is 10.0 Å². The Morgan fingerprint density at radius 1 is 0.975 bits per heavy atom. The number of carboxylic acid groups (broad SMARTS) is 1. The Hall–Kier alpha value is -3.60. The first-order valence-electron chi connectivity index (χ1n) is 13.3. The van der Waals surface area contributed by atoms with Crippen LogP contribution in [0.15, 0.2) is 72.8 Å². The van der Waals surface area contributed by atoms with E-state index in [1.807, 2.05) is 42.5 Å². The monoisotopic (exact) mass is 568 g/mol. The molecule has 0 spiro atoms. The highest BCUT2D eigenvalue weighted by Crippen LogP contribution is 2.33. The minimum atomic E-state index is -3.55. The number of sulfonamides is 1. The second-order valence-electron chi connectivity index (χ2n) is 10.2. The molecule has 0 aromatic heterocycles. The summed E-state index contributed by atoms with van der Waals surface area (Å²) in [5, 5.41) is 23.0. The largest absolute Gasteiger partial charge is 0.491 e. The lowest BCUT2D eigenvalue weighted by molar-refractivity contribution is 0.0696. The molecule has 10 heteroatoms. The van der Waals surface area contributed by atoms with E-state index in [0.29, 0.717) is 29.5 Å². The lowest BCUT2D eigenvalue weighted by Gasteiger charge is -2.30. The number of anilines is 1. The number of aliphatic hydroxyl groups excluding tert-OH is 1. The molecule has 0 amide bonds. The summed E-state index contributed by atoms with van der Waals surface area (Å²) in [6.45, 7) is 0.693. The van der Waals surface area contributed by atoms with Crippen LogP contribution in [0.1, 0.15) is 53.1 Å². The zero-order valence-corrected chi connectivity index (χ0v) is 23.3. The molecule has 1 aliphatic rings. The molecule has 0 heterocycles. The highest BCUT2D eigenvalue weighted by atomic mass is 32.2. The van der Waals surface area contributed by atoms with E-state index in [4.69, 9.17) is 14.6 Å². The molecule has 40 heavy (non-hydrogen) atoms. The van der Waals surface area contributed by atoms with Gasteiger partial charge in [-0.2, -0.15) is 0 Å². The number of aliphatic hydroxyl groups is 1. The lowest BCUT2D eigenvalue weighted by Crippen LogP contribution is -2.39. The first-order valence-corrected chi connectivity index (χ1v) is 15.2. The summed E-state index contributed by atoms with van der Waals surface area (Å²) in [5.74, 6) is 0.269. The number of carbonyl (C=O) groups is 1. The molecule has 214 valence electrons. The number of hydrogen-bond donors (Lipinski definition) is 4. The van der Waals surface area contributed by atoms with Crippen LogP contribution < -0.4 is 19.5 Å². The van der Waals surface area contributed by atoms with Gasteiger partial charge in [-0.3, -0.25) is 4.72 Å². The minimum absolute atomic E-state index is 0.0425. The Morgan fingerprint density at radius 3 is 2.33 bits per heavy atom. The number of hydrogen-bond acceptors (Lipinski definition) is 7. The Balaban J connectivity index is 1.24. The van der Waals surface area contributed by atoms with E-state index in [9.17, 15) is 18.3 Å². The van der Waals surface area contributed by atoms with Crippen LogP contribution in [0.4, 0.5) is 5.69 Å². The molecule has 3 aromatic rings. The zero-order valence-electron chi connectivity index (χ0n) is 22.5. The van der Waals surface area contributed by atoms with Gasteiger partial charge in [-0.15, -0.1) is 0 Å². The summed E-state index contributed by atoms with van der Waals surface area (Å²) >= 11 is 0. The summed E-state index contributed by atoms with van der Waals surface area (Å²) in [7, 11) is -3.55. The predicted octanol–water partition coefficient (Wildman–Crippen LogP) is 4.39. The van der Waals surface area contributed by atoms with Crippen LogP contribution in [0.25, 0.3) is 0 Å². The van der Waals surface area contributed by atoms with Crippen molar-refractivity contribution in [1.29, 1.82) is 0 Å². The Morgan fingerprint density at radius 2 is 1.68 bits per heavy atom. The van der Waals surface area contributed by atoms with Crippen LogP contribution >= 0.6 is 0 Å². The van der Waals surface area contributed by atoms with Crippen molar-refractivity contribution >= 4 is 21.7 Å². The smallest absolute Gasteiger partial charge is 0.335 e. The molecule has 1 saturated carbocycles. The van der Waals surface area contributed by atoms with Crippen LogP contribution in [0, 0.1) is 0 Å². The van der Waals surface area contributed by atoms with E-state index in [-0.39, 0.29) is 24.9 Å². The van der Waals surface area contributed by atoms with Gasteiger partial charge in [0.2, 0.25) is 10.0 Å². The molecule has 0 bridgehead atoms. The SMILES string of the molecule is CS(=O)(=O)Nc1cc(OC[C@@H](O)CNC2CCC(c3ccc(C(=O)O)cc3)CC2)ccc1OCc1ccccc1. The highest BCUT2D eigenvalue weighted by molar-refractivity contribution is 7.92. The zero-order chi connectivity index (χ0) is 28.5. The van der Waals surface area contributed by atoms with Crippen molar-refractivity contribution in [3.8, 4) is 11.5 Å². The Labute approximate surface area is 235 Å². The first kappa shape index (κ1) is 29.4. The average Bonchev–Trinajstić information content (AvgIpc) is 2.94. The quantitative estimate of drug-likeness (QED) is 0.239. The molecule has 4 rings (SSSR count). The standard InChI is InChI=1S/C30H36N2O7S/c1-40(36,37)32-28-17-27(15-16-29(28)39-19-21-5-3-2-4-6-21)38-20-26(33)18-31-25-13-11-23(12-14-25)22-7-9-24(10-8-22)30(34)35/h2-10,15-17,23,25-26,31-33H,11-14,18-20H2,1H3,(H,34,35)/t23?,25?,26-/m0/s1. The predicted molar refractivity (Wildman–Crippen MR) is 154 cm³/mol. The van der Waals surface area contributed by atoms with Crippen molar-refractivity contribution in [2.24, 2.45) is 0 Å². The third kappa shape index (κ3) is 8.97. The summed E-state index contributed by atoms with van der Waals surface area (Å²) < 4.78 is 37.9. The molecular weight excluding hydrogens is 532 g/mol. The van der Waals surface area contributed by atoms with Crippen molar-refractivity contribution < 1.29 is 32.9 Å². The van der Waals surface area contributed by atoms with Crippen molar-refractivity contribution in [2.75, 3.05) is 24.1 Å². The molecule has 0 saturated heterocycles. The van der Waals surface area contributed by atoms with E-state index >= 15 is 0 Å². The van der Waals surface area contributed by atoms with Gasteiger partial charge in [0.1, 0.15) is 30.8 Å². The van der Waals surface area contributed by atoms with Crippen LogP contribution in [-0.4, -0.2) is 56.2 Å². The van der Waals surface area contributed by atoms with Crippen LogP contribution in [0.5, 0.6) is 11.5 Å². The molecule has 1 fully saturated rings. The summed E-state index contributed by atoms with van der Waals surface area (Å²) in [6.07, 6.45) is 4.23. The molecule has 1 atom stereocenters. The van der Waals surface area contributed by atoms with Gasteiger partial charge in [0.15, 0.2) is 0 Å². The van der Waals surface area contributed by atoms with Crippen molar-refractivity contribution in [2.45, 2.75) is 50.4 Å². The molecule has 0 radical (unpaired) electrons. The van der Waals surface area contributed by atoms with Gasteiger partial charge >= 0.3 is 5.97 Å². The Bertz CT molecular complexity index is 1360. The molecule has 1 aliphatic carbocycles. The fraction of sp³-hybridized carbons (Fsp3) is 0.367. The number of rotatable bonds is 13. The minimum Gasteiger partial charge on any atom is -0.491 e. The highest BCUT2D eigenvalue weighted by Gasteiger charge is 2.23. The summed E-state index contributed by atoms with van der Waals surface area (Å²) in [4.78, 5) is 11.1. The molecular formula is C30H36N2O7S. The fourth-order valence-electron chi connectivity index (χ4n) is 4.82. The molecule has 0 unspecified atom stereocenters. The molecule has 9 nitrogen and oxygen atoms in total. The maximum Gasteiger partial charge on any atom is 0.335 e. The summed E-state index contributed by atoms with van der Waals surface area (Å²) in [5.41, 5.74) is 2.67. The normalized spacial score (nSPS) is 18.1. The third-order valence-electron chi connectivity index (χ3n) is 6.92. The average molecular weight is 569 g/mol. The third-order valence-corrected chi connectivity index (χ3v) is 7.52. The van der Waals surface area contributed by atoms with Crippen molar-refractivity contribution in [3.63, 3.8) is 0 Å². The maximum absolute atomic E-state index is 11.9. The number of ether oxygens (including phenoxy) is 2. The van der Waals surface area contributed by atoms with E-state index < -0.39 is 22.1 Å². The van der Waals surface area contributed by atoms with E-state index in [1.54, 1.807) is 30.3 Å². The van der Waals surface area contributed by atoms with Gasteiger partial charge in [0.05, 0.1) is 17.5 Å². The van der Waals surface area contributed by atoms with Crippen molar-refractivity contribution in [3.05, 3.63) is 89.5 Å². The number of nitrogens with one attached hydrogen (secondary N) is 2. The number of benzene rings is 3. The molecule has 3 aromatic carbocycles. The van der Waals surface area contributed by atoms with Crippen LogP contribution in [0.3, 0.4) is 0 Å².